The van der Waals surface area contributed by atoms with E-state index in [-0.39, 0.29) is 45.4 Å². The molecule has 0 radical (unpaired) electrons. The largest absolute Gasteiger partial charge is 0.326 e. The summed E-state index contributed by atoms with van der Waals surface area (Å²) in [7, 11) is 0. The number of ketones is 2. The summed E-state index contributed by atoms with van der Waals surface area (Å²) < 4.78 is 0.921. The molecule has 2 aromatic carbocycles. The van der Waals surface area contributed by atoms with Gasteiger partial charge in [0, 0.05) is 28.4 Å². The Morgan fingerprint density at radius 3 is 2.08 bits per heavy atom. The molecule has 2 amide bonds. The summed E-state index contributed by atoms with van der Waals surface area (Å²) in [6.07, 6.45) is 0. The third kappa shape index (κ3) is 2.99. The lowest BCUT2D eigenvalue weighted by atomic mass is 9.82. The van der Waals surface area contributed by atoms with E-state index in [1.165, 1.54) is 19.9 Å². The average Bonchev–Trinajstić information content (AvgIpc) is 2.54. The van der Waals surface area contributed by atoms with E-state index in [2.05, 4.69) is 42.5 Å². The molecule has 0 atom stereocenters. The summed E-state index contributed by atoms with van der Waals surface area (Å²) in [5.74, 6) is -1.53. The second-order valence-electron chi connectivity index (χ2n) is 5.72. The summed E-state index contributed by atoms with van der Waals surface area (Å²) in [4.78, 5) is 49.3. The Kier molecular flexibility index (Phi) is 4.81. The van der Waals surface area contributed by atoms with E-state index in [4.69, 9.17) is 0 Å². The van der Waals surface area contributed by atoms with Gasteiger partial charge >= 0.3 is 0 Å². The Balaban J connectivity index is 2.32. The predicted molar refractivity (Wildman–Crippen MR) is 104 cm³/mol. The van der Waals surface area contributed by atoms with Crippen molar-refractivity contribution < 1.29 is 19.2 Å². The highest BCUT2D eigenvalue weighted by Gasteiger charge is 2.36. The summed E-state index contributed by atoms with van der Waals surface area (Å²) in [6.45, 7) is 2.64. The number of halogens is 2. The lowest BCUT2D eigenvalue weighted by Crippen LogP contribution is -2.26. The van der Waals surface area contributed by atoms with E-state index in [0.717, 1.165) is 0 Å². The van der Waals surface area contributed by atoms with Crippen LogP contribution in [0.2, 0.25) is 0 Å². The zero-order valence-corrected chi connectivity index (χ0v) is 16.9. The third-order valence-electron chi connectivity index (χ3n) is 3.83. The highest BCUT2D eigenvalue weighted by Crippen LogP contribution is 2.42. The van der Waals surface area contributed by atoms with Crippen molar-refractivity contribution in [3.05, 3.63) is 55.5 Å². The van der Waals surface area contributed by atoms with Gasteiger partial charge in [0.2, 0.25) is 11.8 Å². The second-order valence-corrected chi connectivity index (χ2v) is 7.37. The fourth-order valence-electron chi connectivity index (χ4n) is 2.90. The van der Waals surface area contributed by atoms with Crippen LogP contribution >= 0.6 is 31.9 Å². The number of hydrogen-bond donors (Lipinski definition) is 2. The number of nitrogens with one attached hydrogen (secondary N) is 2. The van der Waals surface area contributed by atoms with Crippen LogP contribution in [-0.2, 0) is 9.59 Å². The Bertz CT molecular complexity index is 1010. The molecule has 0 aromatic heterocycles. The number of amides is 2. The molecule has 0 fully saturated rings. The van der Waals surface area contributed by atoms with Gasteiger partial charge in [-0.15, -0.1) is 0 Å². The van der Waals surface area contributed by atoms with Crippen LogP contribution < -0.4 is 10.6 Å². The van der Waals surface area contributed by atoms with Crippen LogP contribution in [0.25, 0.3) is 0 Å². The SMILES string of the molecule is CC(=O)Nc1cccc2c1C(=O)c1c(Br)c(Br)cc(NC(C)=O)c1C2=O. The minimum absolute atomic E-state index is 0.118. The van der Waals surface area contributed by atoms with Crippen LogP contribution in [0.1, 0.15) is 45.7 Å². The maximum absolute atomic E-state index is 13.2. The molecule has 26 heavy (non-hydrogen) atoms. The molecule has 132 valence electrons. The molecule has 0 spiro atoms. The molecule has 6 nitrogen and oxygen atoms in total. The quantitative estimate of drug-likeness (QED) is 0.582. The van der Waals surface area contributed by atoms with Crippen molar-refractivity contribution in [2.24, 2.45) is 0 Å². The van der Waals surface area contributed by atoms with Crippen LogP contribution in [-0.4, -0.2) is 23.4 Å². The normalized spacial score (nSPS) is 12.3. The number of hydrogen-bond acceptors (Lipinski definition) is 4. The van der Waals surface area contributed by atoms with Gasteiger partial charge in [-0.3, -0.25) is 19.2 Å². The molecule has 0 unspecified atom stereocenters. The number of carbonyl (C=O) groups excluding carboxylic acids is 4. The Morgan fingerprint density at radius 2 is 1.46 bits per heavy atom. The summed E-state index contributed by atoms with van der Waals surface area (Å²) in [5, 5.41) is 5.18. The first-order valence-corrected chi connectivity index (χ1v) is 9.10. The minimum Gasteiger partial charge on any atom is -0.326 e. The zero-order valence-electron chi connectivity index (χ0n) is 13.7. The molecule has 0 saturated heterocycles. The lowest BCUT2D eigenvalue weighted by Gasteiger charge is -2.24. The number of anilines is 2. The molecule has 0 bridgehead atoms. The topological polar surface area (TPSA) is 92.3 Å². The van der Waals surface area contributed by atoms with E-state index in [0.29, 0.717) is 8.95 Å². The van der Waals surface area contributed by atoms with E-state index in [1.54, 1.807) is 18.2 Å². The standard InChI is InChI=1S/C18H12Br2N2O4/c1-7(23)21-11-5-3-4-9-13(11)18(26)15-14(17(9)25)12(22-8(2)24)6-10(19)16(15)20/h3-6H,1-2H3,(H,21,23)(H,22,24). The van der Waals surface area contributed by atoms with Gasteiger partial charge in [0.15, 0.2) is 11.6 Å². The number of fused-ring (bicyclic) bond motifs is 2. The van der Waals surface area contributed by atoms with Gasteiger partial charge in [0.05, 0.1) is 28.1 Å². The van der Waals surface area contributed by atoms with Crippen molar-refractivity contribution >= 4 is 66.6 Å². The van der Waals surface area contributed by atoms with Gasteiger partial charge in [-0.05, 0) is 44.0 Å². The van der Waals surface area contributed by atoms with Gasteiger partial charge in [-0.25, -0.2) is 0 Å². The molecule has 0 saturated carbocycles. The van der Waals surface area contributed by atoms with Crippen molar-refractivity contribution in [3.63, 3.8) is 0 Å². The van der Waals surface area contributed by atoms with E-state index in [9.17, 15) is 19.2 Å². The fourth-order valence-corrected chi connectivity index (χ4v) is 3.82. The van der Waals surface area contributed by atoms with Crippen molar-refractivity contribution in [2.75, 3.05) is 10.6 Å². The molecule has 1 aliphatic rings. The van der Waals surface area contributed by atoms with Crippen molar-refractivity contribution in [1.82, 2.24) is 0 Å². The molecule has 8 heteroatoms. The van der Waals surface area contributed by atoms with Crippen molar-refractivity contribution in [3.8, 4) is 0 Å². The molecular weight excluding hydrogens is 468 g/mol. The summed E-state index contributed by atoms with van der Waals surface area (Å²) in [5.41, 5.74) is 1.08. The molecule has 2 N–H and O–H groups in total. The number of rotatable bonds is 2. The van der Waals surface area contributed by atoms with E-state index >= 15 is 0 Å². The first-order valence-electron chi connectivity index (χ1n) is 7.52. The number of benzene rings is 2. The highest BCUT2D eigenvalue weighted by atomic mass is 79.9. The summed E-state index contributed by atoms with van der Waals surface area (Å²) >= 11 is 6.67. The van der Waals surface area contributed by atoms with Crippen molar-refractivity contribution in [1.29, 1.82) is 0 Å². The molecule has 3 rings (SSSR count). The van der Waals surface area contributed by atoms with Gasteiger partial charge in [0.1, 0.15) is 0 Å². The smallest absolute Gasteiger partial charge is 0.221 e. The third-order valence-corrected chi connectivity index (χ3v) is 5.81. The highest BCUT2D eigenvalue weighted by molar-refractivity contribution is 9.13. The Morgan fingerprint density at radius 1 is 0.846 bits per heavy atom. The maximum Gasteiger partial charge on any atom is 0.221 e. The van der Waals surface area contributed by atoms with Crippen LogP contribution in [0.4, 0.5) is 11.4 Å². The van der Waals surface area contributed by atoms with Gasteiger partial charge in [-0.1, -0.05) is 12.1 Å². The van der Waals surface area contributed by atoms with Crippen LogP contribution in [0, 0.1) is 0 Å². The molecule has 1 aliphatic carbocycles. The second kappa shape index (κ2) is 6.77. The van der Waals surface area contributed by atoms with Crippen molar-refractivity contribution in [2.45, 2.75) is 13.8 Å². The first-order chi connectivity index (χ1) is 12.2. The average molecular weight is 480 g/mol. The zero-order chi connectivity index (χ0) is 19.2. The Labute approximate surface area is 165 Å². The van der Waals surface area contributed by atoms with Crippen LogP contribution in [0.3, 0.4) is 0 Å². The van der Waals surface area contributed by atoms with Crippen LogP contribution in [0.15, 0.2) is 33.2 Å². The van der Waals surface area contributed by atoms with E-state index in [1.807, 2.05) is 0 Å². The Hall–Kier alpha value is -2.32. The molecule has 0 aliphatic heterocycles. The molecule has 0 heterocycles. The maximum atomic E-state index is 13.2. The van der Waals surface area contributed by atoms with Gasteiger partial charge in [0.25, 0.3) is 0 Å². The number of carbonyl (C=O) groups is 4. The fraction of sp³-hybridized carbons (Fsp3) is 0.111. The van der Waals surface area contributed by atoms with E-state index < -0.39 is 11.6 Å². The monoisotopic (exact) mass is 478 g/mol. The molecular formula is C18H12Br2N2O4. The van der Waals surface area contributed by atoms with Gasteiger partial charge < -0.3 is 10.6 Å². The van der Waals surface area contributed by atoms with Gasteiger partial charge in [-0.2, -0.15) is 0 Å². The minimum atomic E-state index is -0.418. The summed E-state index contributed by atoms with van der Waals surface area (Å²) in [6, 6.07) is 6.25. The predicted octanol–water partition coefficient (Wildman–Crippen LogP) is 3.90. The first kappa shape index (κ1) is 18.5. The molecule has 2 aromatic rings. The lowest BCUT2D eigenvalue weighted by molar-refractivity contribution is -0.115. The van der Waals surface area contributed by atoms with Crippen LogP contribution in [0.5, 0.6) is 0 Å².